The van der Waals surface area contributed by atoms with Gasteiger partial charge in [-0.1, -0.05) is 6.92 Å². The van der Waals surface area contributed by atoms with Crippen molar-refractivity contribution in [2.75, 3.05) is 11.9 Å². The van der Waals surface area contributed by atoms with Gasteiger partial charge in [0.2, 0.25) is 11.8 Å². The van der Waals surface area contributed by atoms with E-state index in [2.05, 4.69) is 54.1 Å². The van der Waals surface area contributed by atoms with Crippen molar-refractivity contribution in [3.05, 3.63) is 39.2 Å². The van der Waals surface area contributed by atoms with Crippen molar-refractivity contribution in [1.82, 2.24) is 9.97 Å². The Hall–Kier alpha value is -1.21. The van der Waals surface area contributed by atoms with Crippen LogP contribution >= 0.6 is 31.9 Å². The zero-order valence-corrected chi connectivity index (χ0v) is 13.8. The Balaban J connectivity index is 2.20. The van der Waals surface area contributed by atoms with E-state index in [1.54, 1.807) is 12.3 Å². The van der Waals surface area contributed by atoms with Crippen molar-refractivity contribution in [3.63, 3.8) is 0 Å². The molecule has 4 nitrogen and oxygen atoms in total. The molecule has 2 rings (SSSR count). The zero-order chi connectivity index (χ0) is 14.5. The summed E-state index contributed by atoms with van der Waals surface area (Å²) in [5, 5.41) is 3.08. The molecule has 0 amide bonds. The number of benzene rings is 1. The highest BCUT2D eigenvalue weighted by molar-refractivity contribution is 9.10. The number of nitrogens with zero attached hydrogens (tertiary/aromatic N) is 2. The van der Waals surface area contributed by atoms with E-state index in [-0.39, 0.29) is 5.82 Å². The van der Waals surface area contributed by atoms with Crippen LogP contribution in [0.2, 0.25) is 0 Å². The second-order valence-electron chi connectivity index (χ2n) is 3.95. The van der Waals surface area contributed by atoms with Crippen molar-refractivity contribution < 1.29 is 9.13 Å². The Bertz CT molecular complexity index is 610. The van der Waals surface area contributed by atoms with Gasteiger partial charge in [-0.05, 0) is 56.5 Å². The maximum atomic E-state index is 13.2. The molecule has 1 N–H and O–H groups in total. The standard InChI is InChI=1S/C13H12Br2FN3O/c1-2-5-17-13-18-7-10(15)12(19-13)20-8-3-4-11(16)9(14)6-8/h3-4,6-7H,2,5H2,1H3,(H,17,18,19). The molecule has 0 fully saturated rings. The van der Waals surface area contributed by atoms with Gasteiger partial charge in [-0.3, -0.25) is 0 Å². The first-order valence-corrected chi connectivity index (χ1v) is 7.58. The molecule has 0 radical (unpaired) electrons. The minimum absolute atomic E-state index is 0.338. The van der Waals surface area contributed by atoms with E-state index in [0.717, 1.165) is 13.0 Å². The van der Waals surface area contributed by atoms with E-state index in [9.17, 15) is 4.39 Å². The highest BCUT2D eigenvalue weighted by atomic mass is 79.9. The summed E-state index contributed by atoms with van der Waals surface area (Å²) >= 11 is 6.44. The Morgan fingerprint density at radius 2 is 2.10 bits per heavy atom. The zero-order valence-electron chi connectivity index (χ0n) is 10.7. The number of halogens is 3. The molecular formula is C13H12Br2FN3O. The number of nitrogens with one attached hydrogen (secondary N) is 1. The lowest BCUT2D eigenvalue weighted by Crippen LogP contribution is -2.05. The lowest BCUT2D eigenvalue weighted by molar-refractivity contribution is 0.456. The largest absolute Gasteiger partial charge is 0.438 e. The normalized spacial score (nSPS) is 10.4. The molecule has 0 saturated carbocycles. The number of aromatic nitrogens is 2. The summed E-state index contributed by atoms with van der Waals surface area (Å²) in [5.74, 6) is 1.01. The van der Waals surface area contributed by atoms with Gasteiger partial charge < -0.3 is 10.1 Å². The number of hydrogen-bond donors (Lipinski definition) is 1. The third kappa shape index (κ3) is 3.89. The van der Waals surface area contributed by atoms with Crippen LogP contribution in [0, 0.1) is 5.82 Å². The molecular weight excluding hydrogens is 393 g/mol. The van der Waals surface area contributed by atoms with Crippen LogP contribution in [0.25, 0.3) is 0 Å². The minimum Gasteiger partial charge on any atom is -0.438 e. The molecule has 1 heterocycles. The first-order valence-electron chi connectivity index (χ1n) is 5.99. The lowest BCUT2D eigenvalue weighted by Gasteiger charge is -2.09. The summed E-state index contributed by atoms with van der Waals surface area (Å²) in [4.78, 5) is 8.39. The molecule has 0 atom stereocenters. The van der Waals surface area contributed by atoms with E-state index < -0.39 is 0 Å². The fourth-order valence-corrected chi connectivity index (χ4v) is 2.03. The van der Waals surface area contributed by atoms with Crippen LogP contribution in [-0.4, -0.2) is 16.5 Å². The molecule has 1 aromatic carbocycles. The van der Waals surface area contributed by atoms with Gasteiger partial charge in [-0.15, -0.1) is 0 Å². The van der Waals surface area contributed by atoms with Gasteiger partial charge >= 0.3 is 0 Å². The molecule has 0 aliphatic rings. The van der Waals surface area contributed by atoms with Crippen LogP contribution in [-0.2, 0) is 0 Å². The Kier molecular flexibility index (Phi) is 5.31. The van der Waals surface area contributed by atoms with Crippen molar-refractivity contribution >= 4 is 37.8 Å². The Morgan fingerprint density at radius 3 is 2.80 bits per heavy atom. The monoisotopic (exact) mass is 403 g/mol. The molecule has 0 saturated heterocycles. The summed E-state index contributed by atoms with van der Waals surface area (Å²) in [6, 6.07) is 4.40. The van der Waals surface area contributed by atoms with Crippen molar-refractivity contribution in [1.29, 1.82) is 0 Å². The quantitative estimate of drug-likeness (QED) is 0.780. The third-order valence-electron chi connectivity index (χ3n) is 2.35. The Morgan fingerprint density at radius 1 is 1.30 bits per heavy atom. The second kappa shape index (κ2) is 6.99. The second-order valence-corrected chi connectivity index (χ2v) is 5.66. The predicted molar refractivity (Wildman–Crippen MR) is 82.7 cm³/mol. The molecule has 7 heteroatoms. The average molecular weight is 405 g/mol. The van der Waals surface area contributed by atoms with Crippen molar-refractivity contribution in [2.24, 2.45) is 0 Å². The van der Waals surface area contributed by atoms with E-state index in [1.165, 1.54) is 12.1 Å². The fraction of sp³-hybridized carbons (Fsp3) is 0.231. The first-order chi connectivity index (χ1) is 9.60. The number of ether oxygens (including phenoxy) is 1. The molecule has 0 spiro atoms. The van der Waals surface area contributed by atoms with Crippen LogP contribution < -0.4 is 10.1 Å². The topological polar surface area (TPSA) is 47.0 Å². The van der Waals surface area contributed by atoms with Crippen molar-refractivity contribution in [3.8, 4) is 11.6 Å². The molecule has 0 unspecified atom stereocenters. The summed E-state index contributed by atoms with van der Waals surface area (Å²) in [5.41, 5.74) is 0. The fourth-order valence-electron chi connectivity index (χ4n) is 1.40. The molecule has 106 valence electrons. The first kappa shape index (κ1) is 15.2. The number of anilines is 1. The van der Waals surface area contributed by atoms with Gasteiger partial charge in [-0.25, -0.2) is 9.37 Å². The van der Waals surface area contributed by atoms with Crippen LogP contribution in [0.4, 0.5) is 10.3 Å². The summed E-state index contributed by atoms with van der Waals surface area (Å²) in [7, 11) is 0. The maximum absolute atomic E-state index is 13.2. The van der Waals surface area contributed by atoms with Gasteiger partial charge in [0.15, 0.2) is 0 Å². The average Bonchev–Trinajstić information content (AvgIpc) is 2.44. The summed E-state index contributed by atoms with van der Waals surface area (Å²) in [6.45, 7) is 2.84. The van der Waals surface area contributed by atoms with Gasteiger partial charge in [-0.2, -0.15) is 4.98 Å². The highest BCUT2D eigenvalue weighted by Crippen LogP contribution is 2.30. The molecule has 20 heavy (non-hydrogen) atoms. The van der Waals surface area contributed by atoms with Crippen molar-refractivity contribution in [2.45, 2.75) is 13.3 Å². The summed E-state index contributed by atoms with van der Waals surface area (Å²) < 4.78 is 19.8. The van der Waals surface area contributed by atoms with Crippen LogP contribution in [0.1, 0.15) is 13.3 Å². The third-order valence-corrected chi connectivity index (χ3v) is 3.50. The highest BCUT2D eigenvalue weighted by Gasteiger charge is 2.09. The molecule has 2 aromatic rings. The molecule has 1 aromatic heterocycles. The number of hydrogen-bond acceptors (Lipinski definition) is 4. The lowest BCUT2D eigenvalue weighted by atomic mass is 10.3. The molecule has 0 aliphatic heterocycles. The molecule has 0 bridgehead atoms. The van der Waals surface area contributed by atoms with E-state index in [0.29, 0.717) is 26.5 Å². The van der Waals surface area contributed by atoms with Crippen LogP contribution in [0.3, 0.4) is 0 Å². The van der Waals surface area contributed by atoms with Gasteiger partial charge in [0.1, 0.15) is 11.6 Å². The SMILES string of the molecule is CCCNc1ncc(Br)c(Oc2ccc(F)c(Br)c2)n1. The predicted octanol–water partition coefficient (Wildman–Crippen LogP) is 4.75. The van der Waals surface area contributed by atoms with Gasteiger partial charge in [0.25, 0.3) is 0 Å². The van der Waals surface area contributed by atoms with Crippen LogP contribution in [0.5, 0.6) is 11.6 Å². The van der Waals surface area contributed by atoms with E-state index in [1.807, 2.05) is 0 Å². The van der Waals surface area contributed by atoms with Gasteiger partial charge in [0.05, 0.1) is 15.1 Å². The van der Waals surface area contributed by atoms with E-state index >= 15 is 0 Å². The van der Waals surface area contributed by atoms with Gasteiger partial charge in [0, 0.05) is 6.54 Å². The number of rotatable bonds is 5. The Labute approximate surface area is 133 Å². The van der Waals surface area contributed by atoms with E-state index in [4.69, 9.17) is 4.74 Å². The van der Waals surface area contributed by atoms with Crippen LogP contribution in [0.15, 0.2) is 33.3 Å². The minimum atomic E-state index is -0.343. The molecule has 0 aliphatic carbocycles. The smallest absolute Gasteiger partial charge is 0.238 e. The maximum Gasteiger partial charge on any atom is 0.238 e. The summed E-state index contributed by atoms with van der Waals surface area (Å²) in [6.07, 6.45) is 2.58.